The molecule has 6 heteroatoms. The topological polar surface area (TPSA) is 69.6 Å². The van der Waals surface area contributed by atoms with Gasteiger partial charge in [0.2, 0.25) is 0 Å². The number of carbonyl (C=O) groups is 1. The maximum absolute atomic E-state index is 12.5. The Morgan fingerprint density at radius 3 is 2.54 bits per heavy atom. The molecule has 0 spiro atoms. The van der Waals surface area contributed by atoms with Gasteiger partial charge in [0.05, 0.1) is 6.10 Å². The lowest BCUT2D eigenvalue weighted by molar-refractivity contribution is 0.0522. The van der Waals surface area contributed by atoms with Crippen molar-refractivity contribution in [3.8, 4) is 0 Å². The highest BCUT2D eigenvalue weighted by molar-refractivity contribution is 5.92. The third-order valence-corrected chi connectivity index (χ3v) is 4.27. The fourth-order valence-electron chi connectivity index (χ4n) is 2.90. The summed E-state index contributed by atoms with van der Waals surface area (Å²) in [5.74, 6) is 0.550. The lowest BCUT2D eigenvalue weighted by Gasteiger charge is -2.35. The molecule has 2 heterocycles. The predicted octanol–water partition coefficient (Wildman–Crippen LogP) is 1.28. The van der Waals surface area contributed by atoms with Crippen LogP contribution in [0.1, 0.15) is 28.0 Å². The first kappa shape index (κ1) is 16.5. The van der Waals surface area contributed by atoms with E-state index >= 15 is 0 Å². The Balaban J connectivity index is 1.53. The summed E-state index contributed by atoms with van der Waals surface area (Å²) in [6.45, 7) is 5.14. The van der Waals surface area contributed by atoms with Gasteiger partial charge in [-0.3, -0.25) is 9.69 Å². The van der Waals surface area contributed by atoms with Crippen molar-refractivity contribution in [1.82, 2.24) is 19.8 Å². The molecule has 2 aromatic rings. The molecule has 0 aliphatic carbocycles. The van der Waals surface area contributed by atoms with Gasteiger partial charge in [-0.05, 0) is 18.6 Å². The van der Waals surface area contributed by atoms with E-state index in [1.54, 1.807) is 19.2 Å². The summed E-state index contributed by atoms with van der Waals surface area (Å²) in [5.41, 5.74) is 1.37. The van der Waals surface area contributed by atoms with E-state index in [2.05, 4.69) is 14.9 Å². The van der Waals surface area contributed by atoms with Crippen molar-refractivity contribution in [2.75, 3.05) is 32.7 Å². The molecule has 1 amide bonds. The maximum atomic E-state index is 12.5. The van der Waals surface area contributed by atoms with Crippen LogP contribution in [0.5, 0.6) is 0 Å². The standard InChI is InChI=1S/C18H22N4O2/c1-14-19-8-7-16(20-14)18(24)22-11-9-21(10-12-22)13-17(23)15-5-3-2-4-6-15/h2-8,17,23H,9-13H2,1H3/t17-/m1/s1. The summed E-state index contributed by atoms with van der Waals surface area (Å²) in [6.07, 6.45) is 1.11. The largest absolute Gasteiger partial charge is 0.387 e. The lowest BCUT2D eigenvalue weighted by atomic mass is 10.1. The SMILES string of the molecule is Cc1nccc(C(=O)N2CCN(C[C@@H](O)c3ccccc3)CC2)n1. The average Bonchev–Trinajstić information content (AvgIpc) is 2.62. The molecule has 1 atom stereocenters. The molecule has 0 bridgehead atoms. The number of piperazine rings is 1. The summed E-state index contributed by atoms with van der Waals surface area (Å²) in [4.78, 5) is 24.7. The van der Waals surface area contributed by atoms with Gasteiger partial charge in [-0.25, -0.2) is 9.97 Å². The van der Waals surface area contributed by atoms with Crippen LogP contribution in [0.25, 0.3) is 0 Å². The molecule has 1 N–H and O–H groups in total. The van der Waals surface area contributed by atoms with Gasteiger partial charge in [0.1, 0.15) is 11.5 Å². The van der Waals surface area contributed by atoms with Crippen LogP contribution in [0, 0.1) is 6.92 Å². The van der Waals surface area contributed by atoms with Crippen LogP contribution in [0.4, 0.5) is 0 Å². The molecule has 3 rings (SSSR count). The number of nitrogens with zero attached hydrogens (tertiary/aromatic N) is 4. The van der Waals surface area contributed by atoms with Crippen LogP contribution in [0.2, 0.25) is 0 Å². The summed E-state index contributed by atoms with van der Waals surface area (Å²) < 4.78 is 0. The Morgan fingerprint density at radius 1 is 1.17 bits per heavy atom. The molecular weight excluding hydrogens is 304 g/mol. The van der Waals surface area contributed by atoms with Gasteiger partial charge in [0, 0.05) is 38.9 Å². The highest BCUT2D eigenvalue weighted by Gasteiger charge is 2.24. The predicted molar refractivity (Wildman–Crippen MR) is 90.5 cm³/mol. The number of benzene rings is 1. The quantitative estimate of drug-likeness (QED) is 0.916. The molecule has 1 aromatic carbocycles. The summed E-state index contributed by atoms with van der Waals surface area (Å²) >= 11 is 0. The Labute approximate surface area is 141 Å². The molecular formula is C18H22N4O2. The fourth-order valence-corrected chi connectivity index (χ4v) is 2.90. The Bertz CT molecular complexity index is 684. The minimum absolute atomic E-state index is 0.0521. The highest BCUT2D eigenvalue weighted by atomic mass is 16.3. The number of aryl methyl sites for hydroxylation is 1. The zero-order chi connectivity index (χ0) is 16.9. The van der Waals surface area contributed by atoms with Crippen LogP contribution in [0.3, 0.4) is 0 Å². The number of β-amino-alcohol motifs (C(OH)–C–C–N with tert-alkyl or cyclic N) is 1. The maximum Gasteiger partial charge on any atom is 0.272 e. The van der Waals surface area contributed by atoms with Gasteiger partial charge >= 0.3 is 0 Å². The van der Waals surface area contributed by atoms with Crippen LogP contribution >= 0.6 is 0 Å². The minimum Gasteiger partial charge on any atom is -0.387 e. The molecule has 1 fully saturated rings. The minimum atomic E-state index is -0.502. The third kappa shape index (κ3) is 3.96. The van der Waals surface area contributed by atoms with E-state index in [1.165, 1.54) is 0 Å². The number of aromatic nitrogens is 2. The van der Waals surface area contributed by atoms with Gasteiger partial charge in [0.25, 0.3) is 5.91 Å². The fraction of sp³-hybridized carbons (Fsp3) is 0.389. The van der Waals surface area contributed by atoms with Crippen LogP contribution in [0.15, 0.2) is 42.6 Å². The van der Waals surface area contributed by atoms with Gasteiger partial charge in [-0.15, -0.1) is 0 Å². The van der Waals surface area contributed by atoms with E-state index in [9.17, 15) is 9.90 Å². The number of aliphatic hydroxyl groups excluding tert-OH is 1. The zero-order valence-corrected chi connectivity index (χ0v) is 13.8. The molecule has 6 nitrogen and oxygen atoms in total. The molecule has 1 aliphatic rings. The number of carbonyl (C=O) groups excluding carboxylic acids is 1. The van der Waals surface area contributed by atoms with Gasteiger partial charge in [-0.1, -0.05) is 30.3 Å². The van der Waals surface area contributed by atoms with E-state index < -0.39 is 6.10 Å². The normalized spacial score (nSPS) is 16.8. The number of hydrogen-bond acceptors (Lipinski definition) is 5. The van der Waals surface area contributed by atoms with Gasteiger partial charge < -0.3 is 10.0 Å². The van der Waals surface area contributed by atoms with E-state index in [4.69, 9.17) is 0 Å². The highest BCUT2D eigenvalue weighted by Crippen LogP contribution is 2.15. The van der Waals surface area contributed by atoms with Gasteiger partial charge in [-0.2, -0.15) is 0 Å². The summed E-state index contributed by atoms with van der Waals surface area (Å²) in [6, 6.07) is 11.3. The van der Waals surface area contributed by atoms with Gasteiger partial charge in [0.15, 0.2) is 0 Å². The van der Waals surface area contributed by atoms with E-state index in [0.717, 1.165) is 18.7 Å². The monoisotopic (exact) mass is 326 g/mol. The van der Waals surface area contributed by atoms with Crippen molar-refractivity contribution in [2.24, 2.45) is 0 Å². The van der Waals surface area contributed by atoms with Crippen LogP contribution in [-0.4, -0.2) is 63.5 Å². The summed E-state index contributed by atoms with van der Waals surface area (Å²) in [7, 11) is 0. The van der Waals surface area contributed by atoms with E-state index in [-0.39, 0.29) is 5.91 Å². The second-order valence-corrected chi connectivity index (χ2v) is 6.01. The third-order valence-electron chi connectivity index (χ3n) is 4.27. The molecule has 0 unspecified atom stereocenters. The second kappa shape index (κ2) is 7.51. The molecule has 0 radical (unpaired) electrons. The second-order valence-electron chi connectivity index (χ2n) is 6.01. The van der Waals surface area contributed by atoms with Crippen molar-refractivity contribution in [2.45, 2.75) is 13.0 Å². The van der Waals surface area contributed by atoms with Crippen molar-refractivity contribution < 1.29 is 9.90 Å². The smallest absolute Gasteiger partial charge is 0.272 e. The van der Waals surface area contributed by atoms with E-state index in [0.29, 0.717) is 31.2 Å². The Kier molecular flexibility index (Phi) is 5.17. The first-order valence-electron chi connectivity index (χ1n) is 8.18. The van der Waals surface area contributed by atoms with Crippen molar-refractivity contribution in [1.29, 1.82) is 0 Å². The zero-order valence-electron chi connectivity index (χ0n) is 13.8. The first-order chi connectivity index (χ1) is 11.6. The summed E-state index contributed by atoms with van der Waals surface area (Å²) in [5, 5.41) is 10.3. The van der Waals surface area contributed by atoms with Crippen LogP contribution < -0.4 is 0 Å². The number of aliphatic hydroxyl groups is 1. The number of hydrogen-bond donors (Lipinski definition) is 1. The Morgan fingerprint density at radius 2 is 1.88 bits per heavy atom. The number of rotatable bonds is 4. The molecule has 0 saturated carbocycles. The average molecular weight is 326 g/mol. The number of amides is 1. The van der Waals surface area contributed by atoms with E-state index in [1.807, 2.05) is 35.2 Å². The molecule has 1 aliphatic heterocycles. The Hall–Kier alpha value is -2.31. The van der Waals surface area contributed by atoms with Crippen molar-refractivity contribution >= 4 is 5.91 Å². The molecule has 1 aromatic heterocycles. The lowest BCUT2D eigenvalue weighted by Crippen LogP contribution is -2.49. The van der Waals surface area contributed by atoms with Crippen molar-refractivity contribution in [3.63, 3.8) is 0 Å². The molecule has 126 valence electrons. The van der Waals surface area contributed by atoms with Crippen LogP contribution in [-0.2, 0) is 0 Å². The molecule has 1 saturated heterocycles. The van der Waals surface area contributed by atoms with Crippen molar-refractivity contribution in [3.05, 3.63) is 59.7 Å². The first-order valence-corrected chi connectivity index (χ1v) is 8.18. The molecule has 24 heavy (non-hydrogen) atoms.